The average molecular weight is 844 g/mol. The van der Waals surface area contributed by atoms with Crippen LogP contribution in [0, 0.1) is 28.5 Å². The maximum Gasteiger partial charge on any atom is 0.472 e. The second-order valence-corrected chi connectivity index (χ2v) is 17.0. The van der Waals surface area contributed by atoms with E-state index < -0.39 is 50.2 Å². The minimum Gasteiger partial charge on any atom is -0.387 e. The van der Waals surface area contributed by atoms with Gasteiger partial charge in [-0.25, -0.2) is 18.5 Å². The summed E-state index contributed by atoms with van der Waals surface area (Å²) in [6.45, 7) is 1.98. The lowest BCUT2D eigenvalue weighted by molar-refractivity contribution is -0.0649. The van der Waals surface area contributed by atoms with E-state index in [1.165, 1.54) is 106 Å². The Kier molecular flexibility index (Phi) is 20.1. The Morgan fingerprint density at radius 3 is 2.20 bits per heavy atom. The Morgan fingerprint density at radius 1 is 0.966 bits per heavy atom. The molecule has 326 valence electrons. The molecule has 0 amide bonds. The van der Waals surface area contributed by atoms with E-state index in [4.69, 9.17) is 24.3 Å². The molecular formula is C42H63FN7O8P. The fraction of sp³-hybridized carbons (Fsp3) is 0.667. The number of ether oxygens (including phenoxy) is 2. The van der Waals surface area contributed by atoms with E-state index in [0.29, 0.717) is 17.7 Å². The van der Waals surface area contributed by atoms with Crippen molar-refractivity contribution in [3.8, 4) is 12.1 Å². The van der Waals surface area contributed by atoms with Crippen LogP contribution in [0.4, 0.5) is 10.2 Å². The lowest BCUT2D eigenvalue weighted by atomic mass is 9.92. The number of nitrogens with zero attached hydrogens (tertiary/aromatic N) is 6. The number of nitrogens with two attached hydrogens (primary N) is 1. The van der Waals surface area contributed by atoms with E-state index in [1.807, 2.05) is 12.1 Å². The number of aliphatic hydroxyl groups is 2. The van der Waals surface area contributed by atoms with E-state index in [0.717, 1.165) is 31.7 Å². The Hall–Kier alpha value is -3.54. The van der Waals surface area contributed by atoms with Crippen molar-refractivity contribution in [2.45, 2.75) is 146 Å². The fourth-order valence-electron chi connectivity index (χ4n) is 7.43. The molecule has 1 aromatic carbocycles. The first kappa shape index (κ1) is 48.1. The van der Waals surface area contributed by atoms with Crippen LogP contribution in [-0.2, 0) is 35.2 Å². The van der Waals surface area contributed by atoms with Gasteiger partial charge in [0.1, 0.15) is 42.0 Å². The molecule has 0 saturated carbocycles. The molecule has 0 bridgehead atoms. The zero-order valence-electron chi connectivity index (χ0n) is 34.6. The van der Waals surface area contributed by atoms with Gasteiger partial charge >= 0.3 is 7.82 Å². The molecule has 4 rings (SSSR count). The predicted molar refractivity (Wildman–Crippen MR) is 220 cm³/mol. The molecule has 1 fully saturated rings. The van der Waals surface area contributed by atoms with Crippen LogP contribution in [0.15, 0.2) is 36.7 Å². The van der Waals surface area contributed by atoms with Gasteiger partial charge in [0.15, 0.2) is 5.82 Å². The molecule has 2 aromatic heterocycles. The van der Waals surface area contributed by atoms with E-state index >= 15 is 0 Å². The molecule has 0 radical (unpaired) electrons. The summed E-state index contributed by atoms with van der Waals surface area (Å²) >= 11 is 0. The highest BCUT2D eigenvalue weighted by Gasteiger charge is 2.58. The van der Waals surface area contributed by atoms with Gasteiger partial charge in [-0.3, -0.25) is 13.9 Å². The summed E-state index contributed by atoms with van der Waals surface area (Å²) < 4.78 is 51.1. The van der Waals surface area contributed by atoms with Gasteiger partial charge in [0.05, 0.1) is 43.2 Å². The number of unbranched alkanes of at least 4 members (excludes halogenated alkanes) is 15. The third kappa shape index (κ3) is 14.6. The number of halogens is 1. The number of phosphoric ester groups is 1. The number of aromatic nitrogens is 3. The Bertz CT molecular complexity index is 1860. The number of benzene rings is 1. The number of nitrogen functional groups attached to an aromatic ring is 1. The monoisotopic (exact) mass is 843 g/mol. The molecule has 0 aliphatic carbocycles. The van der Waals surface area contributed by atoms with Crippen LogP contribution in [0.1, 0.15) is 126 Å². The third-order valence-electron chi connectivity index (χ3n) is 10.9. The Balaban J connectivity index is 1.23. The van der Waals surface area contributed by atoms with Crippen molar-refractivity contribution in [2.75, 3.05) is 39.2 Å². The van der Waals surface area contributed by atoms with Crippen LogP contribution in [0.25, 0.3) is 5.52 Å². The van der Waals surface area contributed by atoms with Crippen molar-refractivity contribution >= 4 is 19.2 Å². The van der Waals surface area contributed by atoms with Gasteiger partial charge in [-0.2, -0.15) is 15.6 Å². The zero-order valence-corrected chi connectivity index (χ0v) is 35.5. The highest BCUT2D eigenvalue weighted by atomic mass is 31.2. The van der Waals surface area contributed by atoms with Gasteiger partial charge in [-0.1, -0.05) is 103 Å². The molecule has 17 heteroatoms. The summed E-state index contributed by atoms with van der Waals surface area (Å²) in [5.74, 6) is -0.444. The number of fused-ring (bicyclic) bond motifs is 1. The van der Waals surface area contributed by atoms with Crippen LogP contribution in [-0.4, -0.2) is 92.4 Å². The maximum absolute atomic E-state index is 14.2. The molecule has 0 spiro atoms. The lowest BCUT2D eigenvalue weighted by Crippen LogP contribution is -2.41. The highest BCUT2D eigenvalue weighted by molar-refractivity contribution is 7.47. The molecule has 59 heavy (non-hydrogen) atoms. The predicted octanol–water partition coefficient (Wildman–Crippen LogP) is 7.07. The van der Waals surface area contributed by atoms with Crippen LogP contribution < -0.4 is 5.73 Å². The molecule has 1 aliphatic heterocycles. The number of aliphatic hydroxyl groups excluding tert-OH is 2. The van der Waals surface area contributed by atoms with Crippen molar-refractivity contribution in [3.05, 3.63) is 59.3 Å². The number of nitriles is 2. The van der Waals surface area contributed by atoms with Crippen molar-refractivity contribution < 1.29 is 42.6 Å². The second-order valence-electron chi connectivity index (χ2n) is 15.6. The summed E-state index contributed by atoms with van der Waals surface area (Å²) in [5, 5.41) is 45.4. The first-order valence-corrected chi connectivity index (χ1v) is 22.6. The van der Waals surface area contributed by atoms with Crippen molar-refractivity contribution in [2.24, 2.45) is 0 Å². The summed E-state index contributed by atoms with van der Waals surface area (Å²) in [4.78, 5) is 16.4. The Labute approximate surface area is 347 Å². The topological polar surface area (TPSA) is 222 Å². The van der Waals surface area contributed by atoms with Crippen LogP contribution in [0.5, 0.6) is 0 Å². The molecule has 1 saturated heterocycles. The van der Waals surface area contributed by atoms with Gasteiger partial charge in [0, 0.05) is 13.2 Å². The lowest BCUT2D eigenvalue weighted by Gasteiger charge is -2.28. The number of hydrogen-bond acceptors (Lipinski definition) is 13. The van der Waals surface area contributed by atoms with Crippen molar-refractivity contribution in [3.63, 3.8) is 0 Å². The quantitative estimate of drug-likeness (QED) is 0.0406. The van der Waals surface area contributed by atoms with E-state index in [9.17, 15) is 34.6 Å². The van der Waals surface area contributed by atoms with E-state index in [-0.39, 0.29) is 36.8 Å². The summed E-state index contributed by atoms with van der Waals surface area (Å²) in [5.41, 5.74) is 4.88. The Morgan fingerprint density at radius 2 is 1.59 bits per heavy atom. The average Bonchev–Trinajstić information content (AvgIpc) is 3.76. The number of rotatable bonds is 29. The number of hydrogen-bond donors (Lipinski definition) is 4. The SMILES string of the molecule is CCCCCCCCCCCCCCCCCCOC[C@H](COP(=O)(O)OC[C@H]1O[C@@](C#N)(c2ccc3c(N)ncnn23)[C@H](O)[C@@H]1O)N(C)Cc1cc(F)cc(C#N)c1. The second kappa shape index (κ2) is 24.7. The van der Waals surface area contributed by atoms with Gasteiger partial charge in [0.2, 0.25) is 5.60 Å². The summed E-state index contributed by atoms with van der Waals surface area (Å²) in [6, 6.07) is 10.3. The third-order valence-corrected chi connectivity index (χ3v) is 11.9. The standard InChI is InChI=1S/C42H63FN7O8P/c1-3-4-5-6-7-8-9-10-11-12-13-14-15-16-17-18-21-55-27-35(49(2)26-33-22-32(25-44)23-34(43)24-33)28-56-59(53,54)57-29-37-39(51)40(52)42(30-45,58-37)38-20-19-36-41(46)47-31-48-50(36)38/h19-20,22-24,31,35,37,39-40,51-52H,3-18,21,26-29H2,1-2H3,(H,53,54)(H2,46,47,48)/t35-,37-,39-,40-,42+/m1/s1. The normalized spacial score (nSPS) is 20.8. The number of anilines is 1. The molecule has 3 aromatic rings. The molecule has 3 heterocycles. The minimum atomic E-state index is -4.81. The minimum absolute atomic E-state index is 0.0623. The molecule has 1 unspecified atom stereocenters. The maximum atomic E-state index is 14.2. The highest BCUT2D eigenvalue weighted by Crippen LogP contribution is 2.46. The van der Waals surface area contributed by atoms with Gasteiger partial charge in [-0.15, -0.1) is 0 Å². The first-order valence-electron chi connectivity index (χ1n) is 21.1. The number of likely N-dealkylation sites (N-methyl/N-ethyl adjacent to an activating group) is 1. The van der Waals surface area contributed by atoms with Crippen molar-refractivity contribution in [1.82, 2.24) is 19.5 Å². The molecule has 15 nitrogen and oxygen atoms in total. The van der Waals surface area contributed by atoms with Crippen LogP contribution in [0.3, 0.4) is 0 Å². The van der Waals surface area contributed by atoms with Crippen LogP contribution in [0.2, 0.25) is 0 Å². The van der Waals surface area contributed by atoms with E-state index in [1.54, 1.807) is 18.0 Å². The fourth-order valence-corrected chi connectivity index (χ4v) is 8.20. The van der Waals surface area contributed by atoms with Crippen molar-refractivity contribution in [1.29, 1.82) is 10.5 Å². The molecular weight excluding hydrogens is 780 g/mol. The van der Waals surface area contributed by atoms with Gasteiger partial charge in [-0.05, 0) is 49.4 Å². The molecule has 1 aliphatic rings. The summed E-state index contributed by atoms with van der Waals surface area (Å²) in [7, 11) is -3.08. The molecule has 5 N–H and O–H groups in total. The zero-order chi connectivity index (χ0) is 42.7. The van der Waals surface area contributed by atoms with Gasteiger partial charge < -0.3 is 30.3 Å². The van der Waals surface area contributed by atoms with Gasteiger partial charge in [0.25, 0.3) is 0 Å². The smallest absolute Gasteiger partial charge is 0.387 e. The number of phosphoric acid groups is 1. The van der Waals surface area contributed by atoms with E-state index in [2.05, 4.69) is 17.0 Å². The summed E-state index contributed by atoms with van der Waals surface area (Å²) in [6.07, 6.45) is 16.4. The molecule has 6 atom stereocenters. The van der Waals surface area contributed by atoms with Crippen LogP contribution >= 0.6 is 7.82 Å². The largest absolute Gasteiger partial charge is 0.472 e. The first-order chi connectivity index (χ1) is 28.4.